The van der Waals surface area contributed by atoms with Gasteiger partial charge in [0.05, 0.1) is 16.8 Å². The Balaban J connectivity index is 1.16. The summed E-state index contributed by atoms with van der Waals surface area (Å²) in [4.78, 5) is 24.3. The number of piperidine rings is 1. The van der Waals surface area contributed by atoms with Crippen molar-refractivity contribution in [3.8, 4) is 34.4 Å². The smallest absolute Gasteiger partial charge is 0.383 e. The topological polar surface area (TPSA) is 134 Å². The standard InChI is InChI=1S/C35H29F3N10/c36-35(37,38)27-6-2-1-4-25(27)28-11-12-29-34(44-28)48(33(45-29)26-5-3-16-42-32(26)40)24-9-7-22(8-10-24)21-47-18-14-23(15-19-47)43-30-13-17-41-31(20-39)46-30/h1-13,16-17,23H,14-15,18-19,21H2,(H2,40,42)(H,41,43,46). The minimum atomic E-state index is -4.54. The van der Waals surface area contributed by atoms with Gasteiger partial charge in [-0.15, -0.1) is 0 Å². The van der Waals surface area contributed by atoms with Gasteiger partial charge in [0.15, 0.2) is 11.5 Å². The summed E-state index contributed by atoms with van der Waals surface area (Å²) >= 11 is 0. The van der Waals surface area contributed by atoms with E-state index < -0.39 is 11.7 Å². The van der Waals surface area contributed by atoms with Gasteiger partial charge < -0.3 is 11.1 Å². The number of pyridine rings is 2. The van der Waals surface area contributed by atoms with E-state index in [2.05, 4.69) is 25.2 Å². The highest BCUT2D eigenvalue weighted by molar-refractivity contribution is 5.85. The number of anilines is 2. The van der Waals surface area contributed by atoms with Gasteiger partial charge in [0.2, 0.25) is 5.82 Å². The van der Waals surface area contributed by atoms with E-state index in [0.717, 1.165) is 49.8 Å². The molecule has 0 spiro atoms. The number of nitrogens with two attached hydrogens (primary N) is 1. The Labute approximate surface area is 273 Å². The van der Waals surface area contributed by atoms with Gasteiger partial charge in [0, 0.05) is 49.3 Å². The van der Waals surface area contributed by atoms with Crippen molar-refractivity contribution in [2.75, 3.05) is 24.1 Å². The molecule has 0 aliphatic carbocycles. The van der Waals surface area contributed by atoms with Gasteiger partial charge in [-0.1, -0.05) is 30.3 Å². The summed E-state index contributed by atoms with van der Waals surface area (Å²) in [7, 11) is 0. The first-order valence-electron chi connectivity index (χ1n) is 15.3. The molecule has 1 saturated heterocycles. The fourth-order valence-electron chi connectivity index (χ4n) is 6.04. The van der Waals surface area contributed by atoms with E-state index in [1.54, 1.807) is 48.8 Å². The van der Waals surface area contributed by atoms with E-state index in [0.29, 0.717) is 28.4 Å². The molecular formula is C35H29F3N10. The van der Waals surface area contributed by atoms with Gasteiger partial charge in [-0.3, -0.25) is 9.47 Å². The minimum absolute atomic E-state index is 0.0135. The van der Waals surface area contributed by atoms with E-state index >= 15 is 0 Å². The fourth-order valence-corrected chi connectivity index (χ4v) is 6.04. The van der Waals surface area contributed by atoms with Gasteiger partial charge in [-0.05, 0) is 66.9 Å². The van der Waals surface area contributed by atoms with Crippen molar-refractivity contribution < 1.29 is 13.2 Å². The lowest BCUT2D eigenvalue weighted by molar-refractivity contribution is -0.137. The molecule has 13 heteroatoms. The van der Waals surface area contributed by atoms with Gasteiger partial charge in [-0.25, -0.2) is 24.9 Å². The van der Waals surface area contributed by atoms with Crippen LogP contribution in [0.4, 0.5) is 24.8 Å². The largest absolute Gasteiger partial charge is 0.417 e. The molecule has 0 unspecified atom stereocenters. The van der Waals surface area contributed by atoms with E-state index in [1.807, 2.05) is 34.9 Å². The number of halogens is 3. The summed E-state index contributed by atoms with van der Waals surface area (Å²) in [5.74, 6) is 1.55. The second kappa shape index (κ2) is 12.7. The van der Waals surface area contributed by atoms with Crippen LogP contribution >= 0.6 is 0 Å². The minimum Gasteiger partial charge on any atom is -0.383 e. The second-order valence-corrected chi connectivity index (χ2v) is 11.5. The molecule has 3 N–H and O–H groups in total. The van der Waals surface area contributed by atoms with Crippen molar-refractivity contribution in [1.82, 2.24) is 34.4 Å². The van der Waals surface area contributed by atoms with Gasteiger partial charge >= 0.3 is 6.18 Å². The van der Waals surface area contributed by atoms with Crippen molar-refractivity contribution in [3.05, 3.63) is 108 Å². The molecule has 0 bridgehead atoms. The number of hydrogen-bond acceptors (Lipinski definition) is 9. The third-order valence-electron chi connectivity index (χ3n) is 8.39. The third-order valence-corrected chi connectivity index (χ3v) is 8.39. The van der Waals surface area contributed by atoms with Crippen molar-refractivity contribution in [2.24, 2.45) is 0 Å². The van der Waals surface area contributed by atoms with Crippen molar-refractivity contribution in [3.63, 3.8) is 0 Å². The van der Waals surface area contributed by atoms with Gasteiger partial charge in [-0.2, -0.15) is 18.4 Å². The molecule has 6 aromatic rings. The molecule has 240 valence electrons. The van der Waals surface area contributed by atoms with Crippen LogP contribution in [0.15, 0.2) is 91.3 Å². The summed E-state index contributed by atoms with van der Waals surface area (Å²) < 4.78 is 43.6. The number of fused-ring (bicyclic) bond motifs is 1. The van der Waals surface area contributed by atoms with Crippen LogP contribution in [0.3, 0.4) is 0 Å². The van der Waals surface area contributed by atoms with Crippen LogP contribution in [0, 0.1) is 11.3 Å². The van der Waals surface area contributed by atoms with Crippen molar-refractivity contribution >= 4 is 22.8 Å². The molecule has 5 heterocycles. The number of aromatic nitrogens is 6. The number of rotatable bonds is 7. The van der Waals surface area contributed by atoms with E-state index in [-0.39, 0.29) is 28.9 Å². The molecule has 4 aromatic heterocycles. The van der Waals surface area contributed by atoms with Crippen LogP contribution in [0.5, 0.6) is 0 Å². The summed E-state index contributed by atoms with van der Waals surface area (Å²) in [5.41, 5.74) is 9.01. The third kappa shape index (κ3) is 6.25. The highest BCUT2D eigenvalue weighted by atomic mass is 19.4. The Morgan fingerprint density at radius 2 is 1.62 bits per heavy atom. The normalized spacial score (nSPS) is 14.2. The Bertz CT molecular complexity index is 2130. The number of nitriles is 1. The summed E-state index contributed by atoms with van der Waals surface area (Å²) in [6.45, 7) is 2.53. The highest BCUT2D eigenvalue weighted by Crippen LogP contribution is 2.38. The maximum atomic E-state index is 13.9. The fraction of sp³-hybridized carbons (Fsp3) is 0.200. The lowest BCUT2D eigenvalue weighted by atomic mass is 10.0. The lowest BCUT2D eigenvalue weighted by Gasteiger charge is -2.32. The molecule has 1 aliphatic heterocycles. The number of nitrogens with one attached hydrogen (secondary N) is 1. The maximum absolute atomic E-state index is 13.9. The van der Waals surface area contributed by atoms with Crippen LogP contribution in [-0.2, 0) is 12.7 Å². The van der Waals surface area contributed by atoms with Crippen LogP contribution in [-0.4, -0.2) is 53.5 Å². The second-order valence-electron chi connectivity index (χ2n) is 11.5. The van der Waals surface area contributed by atoms with Crippen LogP contribution in [0.25, 0.3) is 39.5 Å². The first-order valence-corrected chi connectivity index (χ1v) is 15.3. The first kappa shape index (κ1) is 30.8. The summed E-state index contributed by atoms with van der Waals surface area (Å²) in [5, 5.41) is 12.5. The molecule has 48 heavy (non-hydrogen) atoms. The van der Waals surface area contributed by atoms with Crippen molar-refractivity contribution in [2.45, 2.75) is 31.6 Å². The predicted octanol–water partition coefficient (Wildman–Crippen LogP) is 6.49. The number of imidazole rings is 1. The number of nitrogens with zero attached hydrogens (tertiary/aromatic N) is 8. The maximum Gasteiger partial charge on any atom is 0.417 e. The van der Waals surface area contributed by atoms with Crippen LogP contribution in [0.1, 0.15) is 29.8 Å². The summed E-state index contributed by atoms with van der Waals surface area (Å²) in [6, 6.07) is 24.2. The Kier molecular flexibility index (Phi) is 8.16. The first-order chi connectivity index (χ1) is 23.3. The quantitative estimate of drug-likeness (QED) is 0.200. The molecule has 0 atom stereocenters. The van der Waals surface area contributed by atoms with E-state index in [4.69, 9.17) is 21.0 Å². The predicted molar refractivity (Wildman–Crippen MR) is 176 cm³/mol. The van der Waals surface area contributed by atoms with Crippen LogP contribution in [0.2, 0.25) is 0 Å². The Morgan fingerprint density at radius 3 is 2.38 bits per heavy atom. The lowest BCUT2D eigenvalue weighted by Crippen LogP contribution is -2.38. The Morgan fingerprint density at radius 1 is 0.854 bits per heavy atom. The molecule has 7 rings (SSSR count). The molecule has 2 aromatic carbocycles. The molecule has 0 amide bonds. The zero-order valence-corrected chi connectivity index (χ0v) is 25.6. The van der Waals surface area contributed by atoms with E-state index in [1.165, 1.54) is 12.1 Å². The van der Waals surface area contributed by atoms with Crippen molar-refractivity contribution in [1.29, 1.82) is 5.26 Å². The number of hydrogen-bond donors (Lipinski definition) is 2. The molecule has 10 nitrogen and oxygen atoms in total. The van der Waals surface area contributed by atoms with Gasteiger partial charge in [0.1, 0.15) is 23.2 Å². The monoisotopic (exact) mass is 646 g/mol. The van der Waals surface area contributed by atoms with E-state index in [9.17, 15) is 13.2 Å². The molecule has 0 radical (unpaired) electrons. The number of benzene rings is 2. The van der Waals surface area contributed by atoms with Crippen LogP contribution < -0.4 is 11.1 Å². The molecule has 1 aliphatic rings. The number of nitrogen functional groups attached to an aromatic ring is 1. The average molecular weight is 647 g/mol. The van der Waals surface area contributed by atoms with Gasteiger partial charge in [0.25, 0.3) is 0 Å². The highest BCUT2D eigenvalue weighted by Gasteiger charge is 2.34. The zero-order chi connectivity index (χ0) is 33.3. The number of alkyl halides is 3. The SMILES string of the molecule is N#Cc1nccc(NC2CCN(Cc3ccc(-n4c(-c5cccnc5N)nc5ccc(-c6ccccc6C(F)(F)F)nc54)cc3)CC2)n1. The molecular weight excluding hydrogens is 617 g/mol. The molecule has 1 fully saturated rings. The summed E-state index contributed by atoms with van der Waals surface area (Å²) in [6.07, 6.45) is 0.475. The zero-order valence-electron chi connectivity index (χ0n) is 25.6. The average Bonchev–Trinajstić information content (AvgIpc) is 3.48. The molecule has 0 saturated carbocycles. The Hall–Kier alpha value is -5.87. The number of likely N-dealkylation sites (tertiary alicyclic amines) is 1.